The highest BCUT2D eigenvalue weighted by Crippen LogP contribution is 2.37. The maximum atomic E-state index is 13.6. The number of nitrogens with one attached hydrogen (secondary N) is 1. The molecule has 3 amide bonds. The number of alkyl halides is 3. The number of amides is 3. The summed E-state index contributed by atoms with van der Waals surface area (Å²) in [6.45, 7) is 0. The molecule has 0 unspecified atom stereocenters. The molecule has 3 rings (SSSR count). The zero-order valence-corrected chi connectivity index (χ0v) is 18.5. The number of carboxylic acid groups (broad SMARTS) is 1. The summed E-state index contributed by atoms with van der Waals surface area (Å²) in [5.74, 6) is -4.12. The molecule has 0 bridgehead atoms. The Balaban J connectivity index is 1.70. The maximum Gasteiger partial charge on any atom is 0.408 e. The molecule has 32 heavy (non-hydrogen) atoms. The summed E-state index contributed by atoms with van der Waals surface area (Å²) >= 11 is 12.0. The van der Waals surface area contributed by atoms with Gasteiger partial charge < -0.3 is 10.4 Å². The number of hydrogen-bond donors (Lipinski definition) is 2. The minimum atomic E-state index is -4.70. The van der Waals surface area contributed by atoms with Crippen molar-refractivity contribution in [1.82, 2.24) is 10.2 Å². The first-order valence-electron chi connectivity index (χ1n) is 10.4. The molecule has 0 spiro atoms. The fraction of sp³-hybridized carbons (Fsp3) is 0.571. The molecule has 2 N–H and O–H groups in total. The van der Waals surface area contributed by atoms with E-state index in [1.807, 2.05) is 5.32 Å². The molecule has 1 aromatic rings. The van der Waals surface area contributed by atoms with E-state index in [0.717, 1.165) is 6.42 Å². The van der Waals surface area contributed by atoms with Crippen LogP contribution in [0.4, 0.5) is 18.0 Å². The average molecular weight is 495 g/mol. The summed E-state index contributed by atoms with van der Waals surface area (Å²) in [4.78, 5) is 37.2. The Labute approximate surface area is 193 Å². The summed E-state index contributed by atoms with van der Waals surface area (Å²) in [6, 6.07) is -0.253. The maximum absolute atomic E-state index is 13.6. The van der Waals surface area contributed by atoms with Gasteiger partial charge in [0.25, 0.3) is 0 Å². The first-order valence-corrected chi connectivity index (χ1v) is 11.1. The van der Waals surface area contributed by atoms with E-state index in [2.05, 4.69) is 0 Å². The number of hydrogen-bond acceptors (Lipinski definition) is 3. The molecule has 1 aliphatic heterocycles. The Morgan fingerprint density at radius 3 is 2.44 bits per heavy atom. The van der Waals surface area contributed by atoms with Crippen LogP contribution in [0.3, 0.4) is 0 Å². The quantitative estimate of drug-likeness (QED) is 0.541. The van der Waals surface area contributed by atoms with Crippen LogP contribution >= 0.6 is 23.2 Å². The molecule has 1 saturated heterocycles. The molecule has 1 heterocycles. The normalized spacial score (nSPS) is 22.9. The Kier molecular flexibility index (Phi) is 7.60. The third-order valence-electron chi connectivity index (χ3n) is 6.17. The van der Waals surface area contributed by atoms with Gasteiger partial charge in [0.2, 0.25) is 5.91 Å². The van der Waals surface area contributed by atoms with Gasteiger partial charge in [-0.1, -0.05) is 42.5 Å². The van der Waals surface area contributed by atoms with Gasteiger partial charge in [-0.3, -0.25) is 4.79 Å². The smallest absolute Gasteiger partial charge is 0.408 e. The Hall–Kier alpha value is -2.00. The molecular weight excluding hydrogens is 472 g/mol. The molecule has 6 nitrogen and oxygen atoms in total. The summed E-state index contributed by atoms with van der Waals surface area (Å²) < 4.78 is 40.8. The summed E-state index contributed by atoms with van der Waals surface area (Å²) in [5.41, 5.74) is 0.605. The Morgan fingerprint density at radius 1 is 1.19 bits per heavy atom. The van der Waals surface area contributed by atoms with Crippen LogP contribution in [0, 0.1) is 11.8 Å². The number of imide groups is 1. The standard InChI is InChI=1S/C21H23Cl2F3N2O4/c22-13-7-9-15(23)12(10-13)6-8-14-16(19(30)31)28(18(14)29)20(32)27-17(21(24,25)26)11-4-2-1-3-5-11/h7,9-11,14,16-17H,1-6,8H2,(H,27,32)(H,30,31)/t14-,16+,17+/m1/s1. The lowest BCUT2D eigenvalue weighted by atomic mass is 9.82. The van der Waals surface area contributed by atoms with Crippen LogP contribution < -0.4 is 5.32 Å². The zero-order chi connectivity index (χ0) is 23.6. The van der Waals surface area contributed by atoms with Gasteiger partial charge in [0.05, 0.1) is 5.92 Å². The van der Waals surface area contributed by atoms with Crippen LogP contribution in [0.25, 0.3) is 0 Å². The molecular formula is C21H23Cl2F3N2O4. The molecule has 1 saturated carbocycles. The first-order chi connectivity index (χ1) is 15.0. The predicted octanol–water partition coefficient (Wildman–Crippen LogP) is 5.06. The van der Waals surface area contributed by atoms with E-state index in [0.29, 0.717) is 46.2 Å². The van der Waals surface area contributed by atoms with E-state index in [1.165, 1.54) is 0 Å². The molecule has 0 aromatic heterocycles. The van der Waals surface area contributed by atoms with Crippen molar-refractivity contribution in [3.63, 3.8) is 0 Å². The van der Waals surface area contributed by atoms with Crippen molar-refractivity contribution in [2.75, 3.05) is 0 Å². The van der Waals surface area contributed by atoms with Gasteiger partial charge in [-0.25, -0.2) is 14.5 Å². The topological polar surface area (TPSA) is 86.7 Å². The number of halogens is 5. The largest absolute Gasteiger partial charge is 0.480 e. The number of urea groups is 1. The van der Waals surface area contributed by atoms with Crippen LogP contribution in [0.15, 0.2) is 18.2 Å². The van der Waals surface area contributed by atoms with Crippen molar-refractivity contribution in [2.45, 2.75) is 63.2 Å². The predicted molar refractivity (Wildman–Crippen MR) is 111 cm³/mol. The van der Waals surface area contributed by atoms with Gasteiger partial charge in [0, 0.05) is 10.0 Å². The SMILES string of the molecule is O=C(O)[C@@H]1[C@@H](CCc2cc(Cl)ccc2Cl)C(=O)N1C(=O)N[C@@H](C1CCCCC1)C(F)(F)F. The fourth-order valence-corrected chi connectivity index (χ4v) is 4.93. The van der Waals surface area contributed by atoms with Gasteiger partial charge in [-0.2, -0.15) is 13.2 Å². The number of benzene rings is 1. The van der Waals surface area contributed by atoms with Gasteiger partial charge in [-0.15, -0.1) is 0 Å². The molecule has 3 atom stereocenters. The summed E-state index contributed by atoms with van der Waals surface area (Å²) in [6.07, 6.45) is -1.71. The van der Waals surface area contributed by atoms with Crippen LogP contribution in [0.2, 0.25) is 10.0 Å². The van der Waals surface area contributed by atoms with Crippen LogP contribution in [-0.2, 0) is 16.0 Å². The van der Waals surface area contributed by atoms with Gasteiger partial charge in [0.1, 0.15) is 6.04 Å². The third kappa shape index (κ3) is 5.31. The number of aryl methyl sites for hydroxylation is 1. The van der Waals surface area contributed by atoms with Gasteiger partial charge >= 0.3 is 18.2 Å². The van der Waals surface area contributed by atoms with Crippen molar-refractivity contribution in [2.24, 2.45) is 11.8 Å². The lowest BCUT2D eigenvalue weighted by Crippen LogP contribution is -2.69. The molecule has 11 heteroatoms. The van der Waals surface area contributed by atoms with Crippen LogP contribution in [0.5, 0.6) is 0 Å². The van der Waals surface area contributed by atoms with E-state index in [1.54, 1.807) is 18.2 Å². The van der Waals surface area contributed by atoms with Crippen molar-refractivity contribution >= 4 is 41.1 Å². The van der Waals surface area contributed by atoms with Gasteiger partial charge in [0.15, 0.2) is 6.04 Å². The molecule has 1 aromatic carbocycles. The van der Waals surface area contributed by atoms with Crippen molar-refractivity contribution in [1.29, 1.82) is 0 Å². The number of carbonyl (C=O) groups is 3. The fourth-order valence-electron chi connectivity index (χ4n) is 4.52. The highest BCUT2D eigenvalue weighted by molar-refractivity contribution is 6.33. The van der Waals surface area contributed by atoms with Crippen LogP contribution in [0.1, 0.15) is 44.1 Å². The Bertz CT molecular complexity index is 890. The van der Waals surface area contributed by atoms with E-state index >= 15 is 0 Å². The second kappa shape index (κ2) is 9.87. The van der Waals surface area contributed by atoms with Crippen LogP contribution in [-0.4, -0.2) is 46.2 Å². The summed E-state index contributed by atoms with van der Waals surface area (Å²) in [5, 5.41) is 12.2. The van der Waals surface area contributed by atoms with E-state index < -0.39 is 48.0 Å². The molecule has 2 aliphatic rings. The van der Waals surface area contributed by atoms with E-state index in [4.69, 9.17) is 23.2 Å². The minimum Gasteiger partial charge on any atom is -0.480 e. The lowest BCUT2D eigenvalue weighted by Gasteiger charge is -2.44. The number of carbonyl (C=O) groups excluding carboxylic acids is 2. The molecule has 176 valence electrons. The molecule has 0 radical (unpaired) electrons. The summed E-state index contributed by atoms with van der Waals surface area (Å²) in [7, 11) is 0. The highest BCUT2D eigenvalue weighted by atomic mass is 35.5. The number of carboxylic acids is 1. The van der Waals surface area contributed by atoms with Crippen molar-refractivity contribution in [3.8, 4) is 0 Å². The monoisotopic (exact) mass is 494 g/mol. The number of likely N-dealkylation sites (tertiary alicyclic amines) is 1. The van der Waals surface area contributed by atoms with E-state index in [9.17, 15) is 32.7 Å². The number of aliphatic carboxylic acids is 1. The number of β-lactam (4-membered cyclic amide) rings is 1. The second-order valence-electron chi connectivity index (χ2n) is 8.24. The van der Waals surface area contributed by atoms with Crippen molar-refractivity contribution < 1.29 is 32.7 Å². The first kappa shape index (κ1) is 24.6. The minimum absolute atomic E-state index is 0.0605. The molecule has 2 fully saturated rings. The van der Waals surface area contributed by atoms with E-state index in [-0.39, 0.29) is 12.8 Å². The third-order valence-corrected chi connectivity index (χ3v) is 6.77. The highest BCUT2D eigenvalue weighted by Gasteiger charge is 2.56. The number of nitrogens with zero attached hydrogens (tertiary/aromatic N) is 1. The van der Waals surface area contributed by atoms with Crippen molar-refractivity contribution in [3.05, 3.63) is 33.8 Å². The second-order valence-corrected chi connectivity index (χ2v) is 9.08. The number of rotatable bonds is 6. The van der Waals surface area contributed by atoms with Gasteiger partial charge in [-0.05, 0) is 55.4 Å². The molecule has 1 aliphatic carbocycles. The lowest BCUT2D eigenvalue weighted by molar-refractivity contribution is -0.173. The Morgan fingerprint density at radius 2 is 1.84 bits per heavy atom. The average Bonchev–Trinajstić information content (AvgIpc) is 2.72. The zero-order valence-electron chi connectivity index (χ0n) is 17.0.